The first-order chi connectivity index (χ1) is 13.5. The highest BCUT2D eigenvalue weighted by molar-refractivity contribution is 5.85. The number of pyridine rings is 1. The highest BCUT2D eigenvalue weighted by atomic mass is 16.5. The van der Waals surface area contributed by atoms with Crippen LogP contribution in [0.2, 0.25) is 0 Å². The van der Waals surface area contributed by atoms with E-state index in [1.807, 2.05) is 6.07 Å². The molecule has 3 aromatic rings. The maximum absolute atomic E-state index is 9.94. The minimum absolute atomic E-state index is 0.479. The first-order valence-corrected chi connectivity index (χ1v) is 9.59. The van der Waals surface area contributed by atoms with E-state index < -0.39 is 0 Å². The number of aldehydes is 1. The number of fused-ring (bicyclic) bond motifs is 1. The van der Waals surface area contributed by atoms with Gasteiger partial charge in [-0.3, -0.25) is 9.78 Å². The van der Waals surface area contributed by atoms with Gasteiger partial charge in [-0.25, -0.2) is 0 Å². The van der Waals surface area contributed by atoms with E-state index in [0.29, 0.717) is 5.69 Å². The van der Waals surface area contributed by atoms with Crippen LogP contribution in [0.5, 0.6) is 5.75 Å². The van der Waals surface area contributed by atoms with Crippen LogP contribution < -0.4 is 4.74 Å². The predicted molar refractivity (Wildman–Crippen MR) is 117 cm³/mol. The molecule has 3 rings (SSSR count). The Morgan fingerprint density at radius 1 is 1.18 bits per heavy atom. The number of benzene rings is 1. The van der Waals surface area contributed by atoms with Gasteiger partial charge in [-0.2, -0.15) is 0 Å². The lowest BCUT2D eigenvalue weighted by molar-refractivity contribution is 0.111. The van der Waals surface area contributed by atoms with E-state index in [-0.39, 0.29) is 0 Å². The zero-order valence-electron chi connectivity index (χ0n) is 18.0. The molecule has 0 fully saturated rings. The van der Waals surface area contributed by atoms with Crippen molar-refractivity contribution in [3.05, 3.63) is 60.0 Å². The number of rotatable bonds is 5. The van der Waals surface area contributed by atoms with Gasteiger partial charge in [0.15, 0.2) is 6.29 Å². The van der Waals surface area contributed by atoms with Crippen molar-refractivity contribution in [2.75, 3.05) is 27.7 Å². The highest BCUT2D eigenvalue weighted by Crippen LogP contribution is 2.25. The van der Waals surface area contributed by atoms with Crippen molar-refractivity contribution in [3.8, 4) is 5.75 Å². The highest BCUT2D eigenvalue weighted by Gasteiger charge is 2.07. The number of carbonyl (C=O) groups is 1. The molecular formula is C23H33N3O2. The van der Waals surface area contributed by atoms with Crippen LogP contribution in [0.15, 0.2) is 48.8 Å². The smallest absolute Gasteiger partial charge is 0.168 e. The minimum Gasteiger partial charge on any atom is -0.497 e. The molecule has 0 spiro atoms. The molecule has 2 aromatic heterocycles. The van der Waals surface area contributed by atoms with Gasteiger partial charge in [0.25, 0.3) is 0 Å². The van der Waals surface area contributed by atoms with Crippen molar-refractivity contribution in [3.63, 3.8) is 0 Å². The largest absolute Gasteiger partial charge is 0.497 e. The number of hydrogen-bond donors (Lipinski definition) is 0. The third-order valence-electron chi connectivity index (χ3n) is 3.92. The zero-order valence-corrected chi connectivity index (χ0v) is 18.0. The van der Waals surface area contributed by atoms with Crippen LogP contribution in [-0.4, -0.2) is 48.5 Å². The molecule has 28 heavy (non-hydrogen) atoms. The molecule has 0 aliphatic carbocycles. The zero-order chi connectivity index (χ0) is 20.9. The minimum atomic E-state index is 0.479. The molecule has 0 bridgehead atoms. The summed E-state index contributed by atoms with van der Waals surface area (Å²) in [4.78, 5) is 15.9. The Hall–Kier alpha value is -2.66. The number of aryl methyl sites for hydroxylation is 1. The van der Waals surface area contributed by atoms with Crippen LogP contribution in [0, 0.1) is 0 Å². The lowest BCUT2D eigenvalue weighted by Crippen LogP contribution is -2.14. The molecule has 2 heterocycles. The Kier molecular flexibility index (Phi) is 10.6. The molecule has 5 heteroatoms. The Balaban J connectivity index is 0.000000296. The quantitative estimate of drug-likeness (QED) is 0.604. The number of aromatic nitrogens is 2. The Labute approximate surface area is 169 Å². The van der Waals surface area contributed by atoms with Gasteiger partial charge in [0.05, 0.1) is 7.11 Å². The monoisotopic (exact) mass is 383 g/mol. The van der Waals surface area contributed by atoms with Gasteiger partial charge >= 0.3 is 0 Å². The van der Waals surface area contributed by atoms with Crippen molar-refractivity contribution in [1.29, 1.82) is 0 Å². The molecule has 0 N–H and O–H groups in total. The van der Waals surface area contributed by atoms with Gasteiger partial charge in [0.2, 0.25) is 0 Å². The van der Waals surface area contributed by atoms with E-state index in [0.717, 1.165) is 25.0 Å². The second-order valence-corrected chi connectivity index (χ2v) is 6.78. The summed E-state index contributed by atoms with van der Waals surface area (Å²) >= 11 is 0. The normalized spacial score (nSPS) is 9.96. The second-order valence-electron chi connectivity index (χ2n) is 6.78. The first-order valence-electron chi connectivity index (χ1n) is 9.59. The molecule has 0 radical (unpaired) electrons. The van der Waals surface area contributed by atoms with E-state index in [9.17, 15) is 4.79 Å². The number of carbonyl (C=O) groups excluding carboxylic acids is 1. The van der Waals surface area contributed by atoms with Gasteiger partial charge in [-0.15, -0.1) is 0 Å². The van der Waals surface area contributed by atoms with Crippen LogP contribution in [0.1, 0.15) is 36.3 Å². The standard InChI is InChI=1S/C14H20N2O.C6H5NO.C3H8/c1-15(2)8-7-11-10-16(3)14-6-5-12(17-4)9-13(11)14;8-5-6-3-1-2-4-7-6;1-3-2/h5-6,9-10H,7-8H2,1-4H3;1-5H;3H2,1-2H3. The molecule has 5 nitrogen and oxygen atoms in total. The Bertz CT molecular complexity index is 826. The van der Waals surface area contributed by atoms with Crippen molar-refractivity contribution in [2.45, 2.75) is 26.7 Å². The van der Waals surface area contributed by atoms with E-state index in [2.05, 4.69) is 67.8 Å². The molecule has 0 saturated carbocycles. The SMILES string of the molecule is CCC.COc1ccc2c(c1)c(CCN(C)C)cn2C.O=Cc1ccccn1. The number of hydrogen-bond acceptors (Lipinski definition) is 4. The molecular weight excluding hydrogens is 350 g/mol. The number of nitrogens with zero attached hydrogens (tertiary/aromatic N) is 3. The van der Waals surface area contributed by atoms with Crippen molar-refractivity contribution in [2.24, 2.45) is 7.05 Å². The average molecular weight is 384 g/mol. The maximum atomic E-state index is 9.94. The van der Waals surface area contributed by atoms with Crippen LogP contribution in [0.25, 0.3) is 10.9 Å². The van der Waals surface area contributed by atoms with E-state index in [4.69, 9.17) is 4.74 Å². The maximum Gasteiger partial charge on any atom is 0.168 e. The van der Waals surface area contributed by atoms with Gasteiger partial charge < -0.3 is 14.2 Å². The molecule has 0 atom stereocenters. The third-order valence-corrected chi connectivity index (χ3v) is 3.92. The average Bonchev–Trinajstić information content (AvgIpc) is 3.03. The second kappa shape index (κ2) is 12.7. The summed E-state index contributed by atoms with van der Waals surface area (Å²) in [6.45, 7) is 5.32. The van der Waals surface area contributed by atoms with Crippen molar-refractivity contribution >= 4 is 17.2 Å². The predicted octanol–water partition coefficient (Wildman–Crippen LogP) is 4.60. The van der Waals surface area contributed by atoms with Crippen LogP contribution in [-0.2, 0) is 13.5 Å². The molecule has 0 aliphatic rings. The van der Waals surface area contributed by atoms with E-state index in [1.165, 1.54) is 22.9 Å². The molecule has 152 valence electrons. The fourth-order valence-electron chi connectivity index (χ4n) is 2.57. The summed E-state index contributed by atoms with van der Waals surface area (Å²) in [5.41, 5.74) is 3.13. The van der Waals surface area contributed by atoms with Crippen LogP contribution >= 0.6 is 0 Å². The summed E-state index contributed by atoms with van der Waals surface area (Å²) in [5.74, 6) is 0.926. The summed E-state index contributed by atoms with van der Waals surface area (Å²) in [5, 5.41) is 1.30. The lowest BCUT2D eigenvalue weighted by atomic mass is 10.1. The van der Waals surface area contributed by atoms with Crippen LogP contribution in [0.3, 0.4) is 0 Å². The summed E-state index contributed by atoms with van der Waals surface area (Å²) < 4.78 is 7.47. The molecule has 1 aromatic carbocycles. The molecule has 0 amide bonds. The fourth-order valence-corrected chi connectivity index (χ4v) is 2.57. The van der Waals surface area contributed by atoms with E-state index in [1.54, 1.807) is 31.5 Å². The van der Waals surface area contributed by atoms with Crippen molar-refractivity contribution < 1.29 is 9.53 Å². The number of ether oxygens (including phenoxy) is 1. The Morgan fingerprint density at radius 2 is 1.89 bits per heavy atom. The topological polar surface area (TPSA) is 47.4 Å². The molecule has 0 saturated heterocycles. The third kappa shape index (κ3) is 7.53. The first kappa shape index (κ1) is 23.4. The molecule has 0 unspecified atom stereocenters. The van der Waals surface area contributed by atoms with Crippen LogP contribution in [0.4, 0.5) is 0 Å². The van der Waals surface area contributed by atoms with Gasteiger partial charge in [0, 0.05) is 36.9 Å². The number of likely N-dealkylation sites (N-methyl/N-ethyl adjacent to an activating group) is 1. The van der Waals surface area contributed by atoms with Gasteiger partial charge in [-0.1, -0.05) is 26.3 Å². The summed E-state index contributed by atoms with van der Waals surface area (Å²) in [7, 11) is 8.01. The Morgan fingerprint density at radius 3 is 2.39 bits per heavy atom. The fraction of sp³-hybridized carbons (Fsp3) is 0.391. The van der Waals surface area contributed by atoms with Crippen molar-refractivity contribution in [1.82, 2.24) is 14.5 Å². The summed E-state index contributed by atoms with van der Waals surface area (Å²) in [6, 6.07) is 11.5. The summed E-state index contributed by atoms with van der Waals surface area (Å²) in [6.07, 6.45) is 6.84. The van der Waals surface area contributed by atoms with E-state index >= 15 is 0 Å². The van der Waals surface area contributed by atoms with Gasteiger partial charge in [0.1, 0.15) is 11.4 Å². The molecule has 0 aliphatic heterocycles. The lowest BCUT2D eigenvalue weighted by Gasteiger charge is -2.08. The number of methoxy groups -OCH3 is 1. The van der Waals surface area contributed by atoms with Gasteiger partial charge in [-0.05, 0) is 56.4 Å².